The Balaban J connectivity index is 2.37. The summed E-state index contributed by atoms with van der Waals surface area (Å²) in [5, 5.41) is 9.19. The molecule has 5 heteroatoms. The summed E-state index contributed by atoms with van der Waals surface area (Å²) in [6.07, 6.45) is 3.17. The Bertz CT molecular complexity index is 267. The minimum atomic E-state index is -0.335. The molecule has 1 rings (SSSR count). The Morgan fingerprint density at radius 1 is 1.35 bits per heavy atom. The summed E-state index contributed by atoms with van der Waals surface area (Å²) in [7, 11) is 0. The van der Waals surface area contributed by atoms with Crippen LogP contribution in [0, 0.1) is 0 Å². The molecule has 0 aromatic rings. The molecule has 1 N–H and O–H groups in total. The second kappa shape index (κ2) is 7.27. The standard InChI is InChI=1S/C12H21NO4/c1-2-17-12(16)7-6-11(15)13-8-4-3-5-10(13)9-14/h10,14H,2-9H2,1H3. The van der Waals surface area contributed by atoms with Crippen LogP contribution >= 0.6 is 0 Å². The highest BCUT2D eigenvalue weighted by atomic mass is 16.5. The van der Waals surface area contributed by atoms with Gasteiger partial charge in [0.05, 0.1) is 25.7 Å². The molecule has 0 spiro atoms. The summed E-state index contributed by atoms with van der Waals surface area (Å²) < 4.78 is 4.77. The summed E-state index contributed by atoms with van der Waals surface area (Å²) in [4.78, 5) is 24.7. The molecule has 17 heavy (non-hydrogen) atoms. The van der Waals surface area contributed by atoms with E-state index in [-0.39, 0.29) is 37.4 Å². The van der Waals surface area contributed by atoms with E-state index in [1.807, 2.05) is 0 Å². The monoisotopic (exact) mass is 243 g/mol. The fourth-order valence-electron chi connectivity index (χ4n) is 2.10. The van der Waals surface area contributed by atoms with Gasteiger partial charge in [0.15, 0.2) is 0 Å². The topological polar surface area (TPSA) is 66.8 Å². The first-order valence-electron chi connectivity index (χ1n) is 6.25. The van der Waals surface area contributed by atoms with Crippen LogP contribution in [0.2, 0.25) is 0 Å². The van der Waals surface area contributed by atoms with Gasteiger partial charge >= 0.3 is 5.97 Å². The van der Waals surface area contributed by atoms with Gasteiger partial charge in [-0.2, -0.15) is 0 Å². The Kier molecular flexibility index (Phi) is 5.97. The third-order valence-electron chi connectivity index (χ3n) is 3.01. The zero-order valence-electron chi connectivity index (χ0n) is 10.4. The van der Waals surface area contributed by atoms with E-state index < -0.39 is 0 Å². The molecule has 0 bridgehead atoms. The van der Waals surface area contributed by atoms with E-state index in [1.165, 1.54) is 0 Å². The van der Waals surface area contributed by atoms with Crippen molar-refractivity contribution in [1.29, 1.82) is 0 Å². The van der Waals surface area contributed by atoms with E-state index in [9.17, 15) is 14.7 Å². The molecule has 0 saturated carbocycles. The maximum atomic E-state index is 11.9. The van der Waals surface area contributed by atoms with Crippen LogP contribution in [-0.4, -0.2) is 47.7 Å². The van der Waals surface area contributed by atoms with E-state index in [4.69, 9.17) is 4.74 Å². The van der Waals surface area contributed by atoms with Crippen LogP contribution in [0.4, 0.5) is 0 Å². The zero-order valence-corrected chi connectivity index (χ0v) is 10.4. The van der Waals surface area contributed by atoms with Crippen molar-refractivity contribution in [2.24, 2.45) is 0 Å². The molecule has 1 aliphatic heterocycles. The van der Waals surface area contributed by atoms with Crippen LogP contribution in [-0.2, 0) is 14.3 Å². The number of nitrogens with zero attached hydrogens (tertiary/aromatic N) is 1. The summed E-state index contributed by atoms with van der Waals surface area (Å²) >= 11 is 0. The summed E-state index contributed by atoms with van der Waals surface area (Å²) in [6, 6.07) is -0.0709. The Morgan fingerprint density at radius 3 is 2.76 bits per heavy atom. The van der Waals surface area contributed by atoms with Gasteiger partial charge in [-0.1, -0.05) is 0 Å². The highest BCUT2D eigenvalue weighted by Crippen LogP contribution is 2.17. The van der Waals surface area contributed by atoms with E-state index >= 15 is 0 Å². The molecule has 5 nitrogen and oxygen atoms in total. The average molecular weight is 243 g/mol. The zero-order chi connectivity index (χ0) is 12.7. The number of piperidine rings is 1. The smallest absolute Gasteiger partial charge is 0.306 e. The third-order valence-corrected chi connectivity index (χ3v) is 3.01. The maximum Gasteiger partial charge on any atom is 0.306 e. The van der Waals surface area contributed by atoms with Crippen LogP contribution in [0.15, 0.2) is 0 Å². The molecule has 1 unspecified atom stereocenters. The summed E-state index contributed by atoms with van der Waals surface area (Å²) in [5.74, 6) is -0.393. The van der Waals surface area contributed by atoms with E-state index in [0.717, 1.165) is 19.3 Å². The number of amides is 1. The number of aliphatic hydroxyl groups is 1. The predicted octanol–water partition coefficient (Wildman–Crippen LogP) is 0.703. The molecular formula is C12H21NO4. The van der Waals surface area contributed by atoms with Gasteiger partial charge in [0.1, 0.15) is 0 Å². The first-order valence-corrected chi connectivity index (χ1v) is 6.25. The molecule has 0 aromatic heterocycles. The van der Waals surface area contributed by atoms with Crippen molar-refractivity contribution in [3.63, 3.8) is 0 Å². The molecule has 98 valence electrons. The molecule has 0 aliphatic carbocycles. The number of aliphatic hydroxyl groups excluding tert-OH is 1. The van der Waals surface area contributed by atoms with Gasteiger partial charge in [0, 0.05) is 13.0 Å². The third kappa shape index (κ3) is 4.34. The van der Waals surface area contributed by atoms with E-state index in [0.29, 0.717) is 13.2 Å². The van der Waals surface area contributed by atoms with E-state index in [1.54, 1.807) is 11.8 Å². The number of hydrogen-bond donors (Lipinski definition) is 1. The number of esters is 1. The molecule has 1 aliphatic rings. The first-order chi connectivity index (χ1) is 8.19. The Hall–Kier alpha value is -1.10. The Labute approximate surface area is 102 Å². The highest BCUT2D eigenvalue weighted by Gasteiger charge is 2.26. The normalized spacial score (nSPS) is 20.1. The molecule has 1 fully saturated rings. The van der Waals surface area contributed by atoms with Gasteiger partial charge in [-0.25, -0.2) is 0 Å². The van der Waals surface area contributed by atoms with Crippen LogP contribution in [0.25, 0.3) is 0 Å². The summed E-state index contributed by atoms with van der Waals surface area (Å²) in [5.41, 5.74) is 0. The van der Waals surface area contributed by atoms with Crippen LogP contribution in [0.1, 0.15) is 39.0 Å². The van der Waals surface area contributed by atoms with Crippen molar-refractivity contribution in [2.75, 3.05) is 19.8 Å². The van der Waals surface area contributed by atoms with Crippen molar-refractivity contribution in [3.05, 3.63) is 0 Å². The lowest BCUT2D eigenvalue weighted by Crippen LogP contribution is -2.45. The SMILES string of the molecule is CCOC(=O)CCC(=O)N1CCCCC1CO. The van der Waals surface area contributed by atoms with Gasteiger partial charge in [-0.15, -0.1) is 0 Å². The average Bonchev–Trinajstić information content (AvgIpc) is 2.36. The van der Waals surface area contributed by atoms with Crippen molar-refractivity contribution >= 4 is 11.9 Å². The molecule has 1 atom stereocenters. The van der Waals surface area contributed by atoms with Gasteiger partial charge in [0.25, 0.3) is 0 Å². The van der Waals surface area contributed by atoms with Gasteiger partial charge in [-0.05, 0) is 26.2 Å². The number of carbonyl (C=O) groups is 2. The van der Waals surface area contributed by atoms with Crippen molar-refractivity contribution in [3.8, 4) is 0 Å². The second-order valence-electron chi connectivity index (χ2n) is 4.22. The summed E-state index contributed by atoms with van der Waals surface area (Å²) in [6.45, 7) is 2.78. The van der Waals surface area contributed by atoms with Crippen molar-refractivity contribution in [2.45, 2.75) is 45.1 Å². The minimum Gasteiger partial charge on any atom is -0.466 e. The number of rotatable bonds is 5. The Morgan fingerprint density at radius 2 is 2.12 bits per heavy atom. The molecule has 0 aromatic carbocycles. The number of hydrogen-bond acceptors (Lipinski definition) is 4. The maximum absolute atomic E-state index is 11.9. The van der Waals surface area contributed by atoms with Gasteiger partial charge in [-0.3, -0.25) is 9.59 Å². The van der Waals surface area contributed by atoms with Crippen molar-refractivity contribution in [1.82, 2.24) is 4.90 Å². The molecule has 1 amide bonds. The number of carbonyl (C=O) groups excluding carboxylic acids is 2. The van der Waals surface area contributed by atoms with Crippen LogP contribution in [0.5, 0.6) is 0 Å². The van der Waals surface area contributed by atoms with Crippen LogP contribution < -0.4 is 0 Å². The highest BCUT2D eigenvalue weighted by molar-refractivity contribution is 5.81. The lowest BCUT2D eigenvalue weighted by molar-refractivity contribution is -0.146. The molecule has 1 saturated heterocycles. The molecule has 0 radical (unpaired) electrons. The fraction of sp³-hybridized carbons (Fsp3) is 0.833. The first kappa shape index (κ1) is 14.0. The molecule has 1 heterocycles. The number of likely N-dealkylation sites (tertiary alicyclic amines) is 1. The van der Waals surface area contributed by atoms with Gasteiger partial charge < -0.3 is 14.7 Å². The fourth-order valence-corrected chi connectivity index (χ4v) is 2.10. The largest absolute Gasteiger partial charge is 0.466 e. The van der Waals surface area contributed by atoms with Gasteiger partial charge in [0.2, 0.25) is 5.91 Å². The lowest BCUT2D eigenvalue weighted by atomic mass is 10.0. The lowest BCUT2D eigenvalue weighted by Gasteiger charge is -2.34. The van der Waals surface area contributed by atoms with Crippen molar-refractivity contribution < 1.29 is 19.4 Å². The quantitative estimate of drug-likeness (QED) is 0.722. The van der Waals surface area contributed by atoms with E-state index in [2.05, 4.69) is 0 Å². The number of ether oxygens (including phenoxy) is 1. The predicted molar refractivity (Wildman–Crippen MR) is 62.3 cm³/mol. The molecular weight excluding hydrogens is 222 g/mol. The minimum absolute atomic E-state index is 0.00511. The second-order valence-corrected chi connectivity index (χ2v) is 4.22. The van der Waals surface area contributed by atoms with Crippen LogP contribution in [0.3, 0.4) is 0 Å².